The highest BCUT2D eigenvalue weighted by molar-refractivity contribution is 5.88. The van der Waals surface area contributed by atoms with Crippen molar-refractivity contribution in [1.29, 1.82) is 5.41 Å². The monoisotopic (exact) mass is 253 g/mol. The summed E-state index contributed by atoms with van der Waals surface area (Å²) in [6.07, 6.45) is 0.978. The van der Waals surface area contributed by atoms with E-state index in [1.165, 1.54) is 12.1 Å². The van der Waals surface area contributed by atoms with Gasteiger partial charge in [-0.15, -0.1) is 0 Å². The van der Waals surface area contributed by atoms with Crippen LogP contribution in [-0.4, -0.2) is 11.8 Å². The third-order valence-corrected chi connectivity index (χ3v) is 3.02. The van der Waals surface area contributed by atoms with E-state index in [1.807, 2.05) is 0 Å². The normalized spacial score (nSPS) is 19.6. The highest BCUT2D eigenvalue weighted by Gasteiger charge is 2.27. The first-order chi connectivity index (χ1) is 8.27. The Bertz CT molecular complexity index is 460. The summed E-state index contributed by atoms with van der Waals surface area (Å²) >= 11 is 0. The molecule has 0 radical (unpaired) electrons. The van der Waals surface area contributed by atoms with Crippen molar-refractivity contribution in [2.45, 2.75) is 45.1 Å². The first-order valence-corrected chi connectivity index (χ1v) is 6.00. The van der Waals surface area contributed by atoms with E-state index in [1.54, 1.807) is 20.8 Å². The second-order valence-corrected chi connectivity index (χ2v) is 5.76. The lowest BCUT2D eigenvalue weighted by atomic mass is 9.86. The minimum absolute atomic E-state index is 0.0798. The smallest absolute Gasteiger partial charge is 0.133 e. The van der Waals surface area contributed by atoms with Gasteiger partial charge in [0.05, 0.1) is 0 Å². The Balaban J connectivity index is 2.23. The molecule has 1 aromatic rings. The van der Waals surface area contributed by atoms with Gasteiger partial charge in [0.1, 0.15) is 23.5 Å². The van der Waals surface area contributed by atoms with E-state index in [4.69, 9.17) is 10.1 Å². The molecule has 1 saturated carbocycles. The van der Waals surface area contributed by atoms with E-state index in [9.17, 15) is 8.78 Å². The lowest BCUT2D eigenvalue weighted by molar-refractivity contribution is 0.189. The van der Waals surface area contributed by atoms with Crippen LogP contribution in [0.1, 0.15) is 39.2 Å². The first-order valence-electron chi connectivity index (χ1n) is 6.00. The van der Waals surface area contributed by atoms with E-state index in [0.29, 0.717) is 18.6 Å². The van der Waals surface area contributed by atoms with Crippen molar-refractivity contribution >= 4 is 5.71 Å². The fraction of sp³-hybridized carbons (Fsp3) is 0.500. The minimum atomic E-state index is -0.578. The summed E-state index contributed by atoms with van der Waals surface area (Å²) in [4.78, 5) is 0. The summed E-state index contributed by atoms with van der Waals surface area (Å²) < 4.78 is 33.2. The maximum Gasteiger partial charge on any atom is 0.133 e. The molecule has 2 nitrogen and oxygen atoms in total. The maximum atomic E-state index is 13.9. The zero-order chi connectivity index (χ0) is 13.5. The van der Waals surface area contributed by atoms with Crippen LogP contribution < -0.4 is 4.74 Å². The van der Waals surface area contributed by atoms with Crippen molar-refractivity contribution in [1.82, 2.24) is 0 Å². The van der Waals surface area contributed by atoms with E-state index >= 15 is 0 Å². The molecule has 0 saturated heterocycles. The van der Waals surface area contributed by atoms with Gasteiger partial charge >= 0.3 is 0 Å². The Kier molecular flexibility index (Phi) is 3.13. The van der Waals surface area contributed by atoms with Gasteiger partial charge in [-0.05, 0) is 5.41 Å². The summed E-state index contributed by atoms with van der Waals surface area (Å²) in [5, 5.41) is 7.30. The fourth-order valence-corrected chi connectivity index (χ4v) is 2.10. The van der Waals surface area contributed by atoms with Crippen molar-refractivity contribution in [2.24, 2.45) is 0 Å². The highest BCUT2D eigenvalue weighted by atomic mass is 19.1. The van der Waals surface area contributed by atoms with Crippen LogP contribution in [0.3, 0.4) is 0 Å². The van der Waals surface area contributed by atoms with Crippen molar-refractivity contribution in [3.63, 3.8) is 0 Å². The van der Waals surface area contributed by atoms with Gasteiger partial charge in [0, 0.05) is 36.2 Å². The number of halogens is 2. The van der Waals surface area contributed by atoms with E-state index in [-0.39, 0.29) is 17.4 Å². The summed E-state index contributed by atoms with van der Waals surface area (Å²) in [7, 11) is 0. The van der Waals surface area contributed by atoms with Gasteiger partial charge < -0.3 is 10.1 Å². The Hall–Kier alpha value is -1.45. The molecule has 0 spiro atoms. The fourth-order valence-electron chi connectivity index (χ4n) is 2.10. The van der Waals surface area contributed by atoms with Crippen LogP contribution in [-0.2, 0) is 5.41 Å². The Morgan fingerprint density at radius 1 is 1.17 bits per heavy atom. The molecule has 1 N–H and O–H groups in total. The molecule has 0 unspecified atom stereocenters. The highest BCUT2D eigenvalue weighted by Crippen LogP contribution is 2.32. The number of hydrogen-bond donors (Lipinski definition) is 1. The SMILES string of the molecule is CC(C)(C)c1c(F)cc(OC2CC(=N)C2)cc1F. The molecule has 0 heterocycles. The third-order valence-electron chi connectivity index (χ3n) is 3.02. The average Bonchev–Trinajstić information content (AvgIpc) is 2.11. The first kappa shape index (κ1) is 13.0. The van der Waals surface area contributed by atoms with Crippen molar-refractivity contribution in [2.75, 3.05) is 0 Å². The summed E-state index contributed by atoms with van der Waals surface area (Å²) in [5.41, 5.74) is 0.120. The molecule has 98 valence electrons. The van der Waals surface area contributed by atoms with Crippen LogP contribution in [0.5, 0.6) is 5.75 Å². The van der Waals surface area contributed by atoms with Crippen LogP contribution in [0, 0.1) is 17.0 Å². The second-order valence-electron chi connectivity index (χ2n) is 5.76. The predicted octanol–water partition coefficient (Wildman–Crippen LogP) is 3.82. The van der Waals surface area contributed by atoms with Crippen molar-refractivity contribution in [3.05, 3.63) is 29.3 Å². The van der Waals surface area contributed by atoms with Gasteiger partial charge in [-0.25, -0.2) is 8.78 Å². The largest absolute Gasteiger partial charge is 0.489 e. The van der Waals surface area contributed by atoms with Crippen LogP contribution in [0.15, 0.2) is 12.1 Å². The Labute approximate surface area is 105 Å². The van der Waals surface area contributed by atoms with Crippen molar-refractivity contribution in [3.8, 4) is 5.75 Å². The number of benzene rings is 1. The van der Waals surface area contributed by atoms with Crippen molar-refractivity contribution < 1.29 is 13.5 Å². The van der Waals surface area contributed by atoms with E-state index in [0.717, 1.165) is 0 Å². The van der Waals surface area contributed by atoms with Gasteiger partial charge in [0.25, 0.3) is 0 Å². The van der Waals surface area contributed by atoms with Crippen LogP contribution in [0.25, 0.3) is 0 Å². The number of rotatable bonds is 2. The lowest BCUT2D eigenvalue weighted by Crippen LogP contribution is -2.33. The lowest BCUT2D eigenvalue weighted by Gasteiger charge is -2.28. The molecule has 18 heavy (non-hydrogen) atoms. The number of hydrogen-bond acceptors (Lipinski definition) is 2. The molecule has 0 amide bonds. The van der Waals surface area contributed by atoms with Crippen LogP contribution in [0.2, 0.25) is 0 Å². The molecule has 4 heteroatoms. The standard InChI is InChI=1S/C14H17F2NO/c1-14(2,3)13-11(15)6-10(7-12(13)16)18-9-4-8(17)5-9/h6-7,9,17H,4-5H2,1-3H3. The van der Waals surface area contributed by atoms with E-state index in [2.05, 4.69) is 0 Å². The predicted molar refractivity (Wildman–Crippen MR) is 66.4 cm³/mol. The average molecular weight is 253 g/mol. The molecule has 2 rings (SSSR count). The van der Waals surface area contributed by atoms with Crippen LogP contribution in [0.4, 0.5) is 8.78 Å². The Morgan fingerprint density at radius 2 is 1.67 bits per heavy atom. The van der Waals surface area contributed by atoms with Gasteiger partial charge in [-0.3, -0.25) is 0 Å². The third kappa shape index (κ3) is 2.52. The number of nitrogens with one attached hydrogen (secondary N) is 1. The molecular formula is C14H17F2NO. The molecule has 0 atom stereocenters. The molecule has 1 aromatic carbocycles. The quantitative estimate of drug-likeness (QED) is 0.853. The van der Waals surface area contributed by atoms with Gasteiger partial charge in [0.2, 0.25) is 0 Å². The maximum absolute atomic E-state index is 13.9. The summed E-state index contributed by atoms with van der Waals surface area (Å²) in [6, 6.07) is 2.46. The minimum Gasteiger partial charge on any atom is -0.489 e. The van der Waals surface area contributed by atoms with E-state index < -0.39 is 17.0 Å². The van der Waals surface area contributed by atoms with Gasteiger partial charge in [0.15, 0.2) is 0 Å². The molecule has 1 aliphatic rings. The summed E-state index contributed by atoms with van der Waals surface area (Å²) in [6.45, 7) is 5.30. The zero-order valence-electron chi connectivity index (χ0n) is 10.8. The van der Waals surface area contributed by atoms with Crippen LogP contribution >= 0.6 is 0 Å². The molecule has 0 bridgehead atoms. The number of ether oxygens (including phenoxy) is 1. The molecular weight excluding hydrogens is 236 g/mol. The molecule has 0 aliphatic heterocycles. The second kappa shape index (κ2) is 4.34. The molecule has 1 fully saturated rings. The van der Waals surface area contributed by atoms with Gasteiger partial charge in [-0.1, -0.05) is 20.8 Å². The zero-order valence-corrected chi connectivity index (χ0v) is 10.8. The Morgan fingerprint density at radius 3 is 2.06 bits per heavy atom. The van der Waals surface area contributed by atoms with Gasteiger partial charge in [-0.2, -0.15) is 0 Å². The molecule has 1 aliphatic carbocycles. The topological polar surface area (TPSA) is 33.1 Å². The summed E-state index contributed by atoms with van der Waals surface area (Å²) in [5.74, 6) is -0.950. The molecule has 0 aromatic heterocycles.